The minimum atomic E-state index is -3.61. The highest BCUT2D eigenvalue weighted by molar-refractivity contribution is 7.89. The molecule has 0 saturated heterocycles. The van der Waals surface area contributed by atoms with Gasteiger partial charge in [0.1, 0.15) is 12.4 Å². The molecule has 2 aromatic rings. The average Bonchev–Trinajstić information content (AvgIpc) is 2.62. The van der Waals surface area contributed by atoms with Crippen LogP contribution in [-0.4, -0.2) is 34.0 Å². The Morgan fingerprint density at radius 2 is 1.73 bits per heavy atom. The maximum atomic E-state index is 12.2. The van der Waals surface area contributed by atoms with Crippen molar-refractivity contribution >= 4 is 15.9 Å². The molecule has 2 aromatic carbocycles. The van der Waals surface area contributed by atoms with Gasteiger partial charge in [0.2, 0.25) is 15.9 Å². The van der Waals surface area contributed by atoms with E-state index >= 15 is 0 Å². The van der Waals surface area contributed by atoms with Crippen LogP contribution in [0, 0.1) is 13.8 Å². The van der Waals surface area contributed by atoms with E-state index in [1.54, 1.807) is 18.2 Å². The van der Waals surface area contributed by atoms with Gasteiger partial charge in [-0.2, -0.15) is 0 Å². The number of carbonyl (C=O) groups is 1. The predicted molar refractivity (Wildman–Crippen MR) is 101 cm³/mol. The maximum absolute atomic E-state index is 12.2. The number of sulfonamides is 1. The highest BCUT2D eigenvalue weighted by atomic mass is 32.2. The van der Waals surface area contributed by atoms with Gasteiger partial charge in [-0.25, -0.2) is 13.1 Å². The van der Waals surface area contributed by atoms with Crippen LogP contribution in [0.15, 0.2) is 53.4 Å². The average molecular weight is 376 g/mol. The molecule has 0 aliphatic carbocycles. The lowest BCUT2D eigenvalue weighted by Crippen LogP contribution is -2.32. The van der Waals surface area contributed by atoms with E-state index in [-0.39, 0.29) is 23.8 Å². The number of carbonyl (C=O) groups excluding carboxylic acids is 1. The number of rotatable bonds is 9. The molecule has 0 fully saturated rings. The van der Waals surface area contributed by atoms with Crippen molar-refractivity contribution in [2.45, 2.75) is 25.2 Å². The summed E-state index contributed by atoms with van der Waals surface area (Å²) < 4.78 is 32.4. The fraction of sp³-hybridized carbons (Fsp3) is 0.316. The lowest BCUT2D eigenvalue weighted by atomic mass is 10.1. The molecule has 2 rings (SSSR count). The standard InChI is InChI=1S/C19H24N2O4S/c1-15-8-9-18(14-16(15)2)26(23,24)21-11-10-19(22)20-12-13-25-17-6-4-3-5-7-17/h3-9,14,21H,10-13H2,1-2H3,(H,20,22). The fourth-order valence-corrected chi connectivity index (χ4v) is 3.34. The zero-order valence-electron chi connectivity index (χ0n) is 15.0. The van der Waals surface area contributed by atoms with Crippen LogP contribution in [0.5, 0.6) is 5.75 Å². The lowest BCUT2D eigenvalue weighted by Gasteiger charge is -2.10. The van der Waals surface area contributed by atoms with E-state index in [0.29, 0.717) is 13.2 Å². The van der Waals surface area contributed by atoms with E-state index in [4.69, 9.17) is 4.74 Å². The van der Waals surface area contributed by atoms with Gasteiger partial charge in [0.15, 0.2) is 0 Å². The molecular formula is C19H24N2O4S. The smallest absolute Gasteiger partial charge is 0.240 e. The summed E-state index contributed by atoms with van der Waals surface area (Å²) in [6.07, 6.45) is 0.0649. The highest BCUT2D eigenvalue weighted by Crippen LogP contribution is 2.14. The third-order valence-corrected chi connectivity index (χ3v) is 5.33. The summed E-state index contributed by atoms with van der Waals surface area (Å²) in [6.45, 7) is 4.53. The van der Waals surface area contributed by atoms with Crippen LogP contribution < -0.4 is 14.8 Å². The molecule has 0 heterocycles. The quantitative estimate of drug-likeness (QED) is 0.657. The van der Waals surface area contributed by atoms with E-state index in [1.807, 2.05) is 44.2 Å². The van der Waals surface area contributed by atoms with Crippen LogP contribution in [0.1, 0.15) is 17.5 Å². The van der Waals surface area contributed by atoms with Gasteiger partial charge in [-0.3, -0.25) is 4.79 Å². The van der Waals surface area contributed by atoms with E-state index in [9.17, 15) is 13.2 Å². The summed E-state index contributed by atoms with van der Waals surface area (Å²) in [5.74, 6) is 0.507. The van der Waals surface area contributed by atoms with Crippen LogP contribution in [0.25, 0.3) is 0 Å². The molecule has 0 unspecified atom stereocenters. The van der Waals surface area contributed by atoms with E-state index in [2.05, 4.69) is 10.0 Å². The Hall–Kier alpha value is -2.38. The first kappa shape index (κ1) is 19.9. The largest absolute Gasteiger partial charge is 0.492 e. The molecular weight excluding hydrogens is 352 g/mol. The monoisotopic (exact) mass is 376 g/mol. The number of benzene rings is 2. The highest BCUT2D eigenvalue weighted by Gasteiger charge is 2.14. The molecule has 0 aromatic heterocycles. The number of amides is 1. The minimum absolute atomic E-state index is 0.0423. The van der Waals surface area contributed by atoms with Crippen molar-refractivity contribution in [1.29, 1.82) is 0 Å². The Kier molecular flexibility index (Phi) is 7.17. The van der Waals surface area contributed by atoms with Crippen molar-refractivity contribution in [1.82, 2.24) is 10.0 Å². The second-order valence-electron chi connectivity index (χ2n) is 5.91. The van der Waals surface area contributed by atoms with Gasteiger partial charge < -0.3 is 10.1 Å². The molecule has 0 spiro atoms. The fourth-order valence-electron chi connectivity index (χ4n) is 2.23. The van der Waals surface area contributed by atoms with Gasteiger partial charge in [-0.05, 0) is 49.2 Å². The lowest BCUT2D eigenvalue weighted by molar-refractivity contribution is -0.121. The molecule has 0 saturated carbocycles. The Morgan fingerprint density at radius 1 is 1.00 bits per heavy atom. The van der Waals surface area contributed by atoms with Crippen LogP contribution >= 0.6 is 0 Å². The molecule has 0 radical (unpaired) electrons. The Morgan fingerprint density at radius 3 is 2.42 bits per heavy atom. The molecule has 1 amide bonds. The molecule has 2 N–H and O–H groups in total. The van der Waals surface area contributed by atoms with Crippen molar-refractivity contribution in [3.63, 3.8) is 0 Å². The van der Waals surface area contributed by atoms with Gasteiger partial charge in [0.25, 0.3) is 0 Å². The van der Waals surface area contributed by atoms with Gasteiger partial charge >= 0.3 is 0 Å². The zero-order chi connectivity index (χ0) is 19.0. The van der Waals surface area contributed by atoms with Crippen molar-refractivity contribution in [2.24, 2.45) is 0 Å². The van der Waals surface area contributed by atoms with E-state index < -0.39 is 10.0 Å². The van der Waals surface area contributed by atoms with Crippen LogP contribution in [0.2, 0.25) is 0 Å². The summed E-state index contributed by atoms with van der Waals surface area (Å²) >= 11 is 0. The second kappa shape index (κ2) is 9.35. The van der Waals surface area contributed by atoms with E-state index in [0.717, 1.165) is 16.9 Å². The molecule has 0 atom stereocenters. The van der Waals surface area contributed by atoms with Crippen molar-refractivity contribution < 1.29 is 17.9 Å². The first-order chi connectivity index (χ1) is 12.4. The molecule has 140 valence electrons. The summed E-state index contributed by atoms with van der Waals surface area (Å²) in [5, 5.41) is 2.70. The third-order valence-electron chi connectivity index (χ3n) is 3.87. The van der Waals surface area contributed by atoms with Crippen molar-refractivity contribution in [2.75, 3.05) is 19.7 Å². The maximum Gasteiger partial charge on any atom is 0.240 e. The zero-order valence-corrected chi connectivity index (χ0v) is 15.8. The summed E-state index contributed by atoms with van der Waals surface area (Å²) in [6, 6.07) is 14.3. The molecule has 26 heavy (non-hydrogen) atoms. The van der Waals surface area contributed by atoms with Gasteiger partial charge in [0.05, 0.1) is 11.4 Å². The number of hydrogen-bond donors (Lipinski definition) is 2. The van der Waals surface area contributed by atoms with Crippen molar-refractivity contribution in [3.8, 4) is 5.75 Å². The third kappa shape index (κ3) is 6.16. The number of nitrogens with one attached hydrogen (secondary N) is 2. The topological polar surface area (TPSA) is 84.5 Å². The second-order valence-corrected chi connectivity index (χ2v) is 7.67. The molecule has 0 aliphatic heterocycles. The summed E-state index contributed by atoms with van der Waals surface area (Å²) in [4.78, 5) is 12.0. The van der Waals surface area contributed by atoms with Gasteiger partial charge in [0, 0.05) is 13.0 Å². The molecule has 6 nitrogen and oxygen atoms in total. The van der Waals surface area contributed by atoms with Crippen LogP contribution in [-0.2, 0) is 14.8 Å². The number of aryl methyl sites for hydroxylation is 2. The molecule has 0 aliphatic rings. The predicted octanol–water partition coefficient (Wildman–Crippen LogP) is 2.17. The molecule has 7 heteroatoms. The van der Waals surface area contributed by atoms with Crippen molar-refractivity contribution in [3.05, 3.63) is 59.7 Å². The number of ether oxygens (including phenoxy) is 1. The molecule has 0 bridgehead atoms. The summed E-state index contributed by atoms with van der Waals surface area (Å²) in [7, 11) is -3.61. The first-order valence-electron chi connectivity index (χ1n) is 8.40. The number of para-hydroxylation sites is 1. The van der Waals surface area contributed by atoms with Crippen LogP contribution in [0.3, 0.4) is 0 Å². The SMILES string of the molecule is Cc1ccc(S(=O)(=O)NCCC(=O)NCCOc2ccccc2)cc1C. The Labute approximate surface area is 154 Å². The van der Waals surface area contributed by atoms with Gasteiger partial charge in [-0.1, -0.05) is 24.3 Å². The number of hydrogen-bond acceptors (Lipinski definition) is 4. The summed E-state index contributed by atoms with van der Waals surface area (Å²) in [5.41, 5.74) is 1.94. The Bertz CT molecular complexity index is 836. The normalized spacial score (nSPS) is 11.2. The van der Waals surface area contributed by atoms with Gasteiger partial charge in [-0.15, -0.1) is 0 Å². The van der Waals surface area contributed by atoms with Crippen LogP contribution in [0.4, 0.5) is 0 Å². The first-order valence-corrected chi connectivity index (χ1v) is 9.88. The minimum Gasteiger partial charge on any atom is -0.492 e. The van der Waals surface area contributed by atoms with E-state index in [1.165, 1.54) is 0 Å². The Balaban J connectivity index is 1.69.